The fraction of sp³-hybridized carbons (Fsp3) is 0.333. The van der Waals surface area contributed by atoms with Crippen LogP contribution in [0.2, 0.25) is 0 Å². The number of aromatic nitrogens is 2. The molecular formula is C21H23N3O4S. The molecule has 2 heterocycles. The van der Waals surface area contributed by atoms with E-state index in [0.29, 0.717) is 27.2 Å². The number of nitrogens with one attached hydrogen (secondary N) is 1. The lowest BCUT2D eigenvalue weighted by Gasteiger charge is -2.13. The number of ether oxygens (including phenoxy) is 1. The van der Waals surface area contributed by atoms with Crippen molar-refractivity contribution in [1.29, 1.82) is 0 Å². The van der Waals surface area contributed by atoms with Crippen LogP contribution in [0.3, 0.4) is 0 Å². The maximum absolute atomic E-state index is 12.8. The van der Waals surface area contributed by atoms with Crippen LogP contribution in [0.4, 0.5) is 0 Å². The average molecular weight is 413 g/mol. The zero-order valence-corrected chi connectivity index (χ0v) is 17.4. The molecule has 29 heavy (non-hydrogen) atoms. The van der Waals surface area contributed by atoms with E-state index in [0.717, 1.165) is 16.9 Å². The van der Waals surface area contributed by atoms with Crippen LogP contribution >= 0.6 is 11.3 Å². The zero-order chi connectivity index (χ0) is 21.0. The van der Waals surface area contributed by atoms with Crippen LogP contribution in [-0.4, -0.2) is 34.6 Å². The number of rotatable bonds is 7. The van der Waals surface area contributed by atoms with E-state index in [9.17, 15) is 14.4 Å². The van der Waals surface area contributed by atoms with E-state index in [1.165, 1.54) is 10.9 Å². The predicted molar refractivity (Wildman–Crippen MR) is 112 cm³/mol. The number of fused-ring (bicyclic) bond motifs is 1. The molecule has 1 atom stereocenters. The van der Waals surface area contributed by atoms with Crippen LogP contribution in [0.15, 0.2) is 41.5 Å². The summed E-state index contributed by atoms with van der Waals surface area (Å²) in [6.45, 7) is 6.04. The molecule has 0 aliphatic carbocycles. The Kier molecular flexibility index (Phi) is 6.43. The van der Waals surface area contributed by atoms with Gasteiger partial charge in [-0.25, -0.2) is 9.78 Å². The first-order valence-corrected chi connectivity index (χ1v) is 10.2. The monoisotopic (exact) mass is 413 g/mol. The summed E-state index contributed by atoms with van der Waals surface area (Å²) in [5.41, 5.74) is 1.33. The number of nitrogens with zero attached hydrogens (tertiary/aromatic N) is 2. The first-order chi connectivity index (χ1) is 13.9. The summed E-state index contributed by atoms with van der Waals surface area (Å²) in [6, 6.07) is 9.90. The number of aryl methyl sites for hydroxylation is 1. The van der Waals surface area contributed by atoms with Gasteiger partial charge in [0.25, 0.3) is 5.56 Å². The van der Waals surface area contributed by atoms with Crippen molar-refractivity contribution >= 4 is 33.4 Å². The third-order valence-corrected chi connectivity index (χ3v) is 5.85. The molecule has 1 aromatic carbocycles. The summed E-state index contributed by atoms with van der Waals surface area (Å²) in [7, 11) is 0. The molecule has 7 nitrogen and oxygen atoms in total. The lowest BCUT2D eigenvalue weighted by atomic mass is 10.0. The molecule has 0 saturated carbocycles. The van der Waals surface area contributed by atoms with Crippen molar-refractivity contribution in [3.63, 3.8) is 0 Å². The molecule has 0 radical (unpaired) electrons. The van der Waals surface area contributed by atoms with Gasteiger partial charge >= 0.3 is 5.97 Å². The molecule has 0 bridgehead atoms. The van der Waals surface area contributed by atoms with Crippen LogP contribution < -0.4 is 10.9 Å². The molecule has 0 spiro atoms. The molecule has 0 saturated heterocycles. The van der Waals surface area contributed by atoms with E-state index in [2.05, 4.69) is 10.3 Å². The quantitative estimate of drug-likeness (QED) is 0.602. The molecule has 1 amide bonds. The lowest BCUT2D eigenvalue weighted by molar-refractivity contribution is -0.121. The number of esters is 1. The van der Waals surface area contributed by atoms with Gasteiger partial charge in [-0.3, -0.25) is 14.2 Å². The SMILES string of the molecule is CCOC(=O)c1sc2ncn(CC(=O)NC[C@@H](C)c3ccccc3)c(=O)c2c1C. The van der Waals surface area contributed by atoms with Gasteiger partial charge in [-0.05, 0) is 30.9 Å². The van der Waals surface area contributed by atoms with Crippen molar-refractivity contribution in [3.8, 4) is 0 Å². The number of carbonyl (C=O) groups is 2. The topological polar surface area (TPSA) is 90.3 Å². The molecule has 3 aromatic rings. The molecule has 8 heteroatoms. The maximum Gasteiger partial charge on any atom is 0.348 e. The Bertz CT molecular complexity index is 1090. The second kappa shape index (κ2) is 9.00. The Morgan fingerprint density at radius 2 is 2.00 bits per heavy atom. The minimum absolute atomic E-state index is 0.132. The first kappa shape index (κ1) is 20.7. The Hall–Kier alpha value is -3.00. The molecule has 1 N–H and O–H groups in total. The van der Waals surface area contributed by atoms with Crippen molar-refractivity contribution in [2.45, 2.75) is 33.2 Å². The first-order valence-electron chi connectivity index (χ1n) is 9.39. The van der Waals surface area contributed by atoms with E-state index in [4.69, 9.17) is 4.74 Å². The number of hydrogen-bond donors (Lipinski definition) is 1. The number of amides is 1. The molecule has 0 aliphatic rings. The van der Waals surface area contributed by atoms with Gasteiger partial charge in [0.2, 0.25) is 5.91 Å². The van der Waals surface area contributed by atoms with E-state index in [-0.39, 0.29) is 30.5 Å². The van der Waals surface area contributed by atoms with Crippen molar-refractivity contribution in [1.82, 2.24) is 14.9 Å². The minimum Gasteiger partial charge on any atom is -0.462 e. The van der Waals surface area contributed by atoms with Crippen LogP contribution in [0, 0.1) is 6.92 Å². The van der Waals surface area contributed by atoms with Gasteiger partial charge in [-0.1, -0.05) is 37.3 Å². The predicted octanol–water partition coefficient (Wildman–Crippen LogP) is 2.86. The molecule has 0 aliphatic heterocycles. The molecule has 0 fully saturated rings. The fourth-order valence-corrected chi connectivity index (χ4v) is 4.07. The number of benzene rings is 1. The van der Waals surface area contributed by atoms with E-state index < -0.39 is 5.97 Å². The van der Waals surface area contributed by atoms with Crippen LogP contribution in [0.5, 0.6) is 0 Å². The van der Waals surface area contributed by atoms with Gasteiger partial charge in [0.1, 0.15) is 16.3 Å². The van der Waals surface area contributed by atoms with Crippen LogP contribution in [0.1, 0.15) is 40.6 Å². The molecular weight excluding hydrogens is 390 g/mol. The summed E-state index contributed by atoms with van der Waals surface area (Å²) < 4.78 is 6.30. The summed E-state index contributed by atoms with van der Waals surface area (Å²) in [5, 5.41) is 3.21. The second-order valence-corrected chi connectivity index (χ2v) is 7.75. The van der Waals surface area contributed by atoms with E-state index in [1.807, 2.05) is 37.3 Å². The van der Waals surface area contributed by atoms with Gasteiger partial charge in [0.05, 0.1) is 18.3 Å². The highest BCUT2D eigenvalue weighted by Crippen LogP contribution is 2.27. The maximum atomic E-state index is 12.8. The van der Waals surface area contributed by atoms with Crippen molar-refractivity contribution in [2.24, 2.45) is 0 Å². The molecule has 0 unspecified atom stereocenters. The van der Waals surface area contributed by atoms with Gasteiger partial charge in [0, 0.05) is 6.54 Å². The Balaban J connectivity index is 1.74. The largest absolute Gasteiger partial charge is 0.462 e. The van der Waals surface area contributed by atoms with E-state index >= 15 is 0 Å². The number of hydrogen-bond acceptors (Lipinski definition) is 6. The molecule has 2 aromatic heterocycles. The van der Waals surface area contributed by atoms with Crippen molar-refractivity contribution < 1.29 is 14.3 Å². The van der Waals surface area contributed by atoms with Crippen LogP contribution in [0.25, 0.3) is 10.2 Å². The Morgan fingerprint density at radius 1 is 1.28 bits per heavy atom. The summed E-state index contributed by atoms with van der Waals surface area (Å²) in [6.07, 6.45) is 1.34. The standard InChI is InChI=1S/C21H23N3O4S/c1-4-28-21(27)18-14(3)17-19(29-18)23-12-24(20(17)26)11-16(25)22-10-13(2)15-8-6-5-7-9-15/h5-9,12-13H,4,10-11H2,1-3H3,(H,22,25)/t13-/m1/s1. The Labute approximate surface area is 172 Å². The fourth-order valence-electron chi connectivity index (χ4n) is 3.04. The highest BCUT2D eigenvalue weighted by Gasteiger charge is 2.20. The van der Waals surface area contributed by atoms with E-state index in [1.54, 1.807) is 13.8 Å². The van der Waals surface area contributed by atoms with Crippen molar-refractivity contribution in [3.05, 3.63) is 63.0 Å². The summed E-state index contributed by atoms with van der Waals surface area (Å²) in [5.74, 6) is -0.579. The van der Waals surface area contributed by atoms with Gasteiger partial charge < -0.3 is 10.1 Å². The minimum atomic E-state index is -0.466. The third kappa shape index (κ3) is 4.54. The van der Waals surface area contributed by atoms with Crippen molar-refractivity contribution in [2.75, 3.05) is 13.2 Å². The highest BCUT2D eigenvalue weighted by molar-refractivity contribution is 7.20. The zero-order valence-electron chi connectivity index (χ0n) is 16.6. The Morgan fingerprint density at radius 3 is 2.69 bits per heavy atom. The number of thiophene rings is 1. The second-order valence-electron chi connectivity index (χ2n) is 6.75. The third-order valence-electron chi connectivity index (χ3n) is 4.67. The lowest BCUT2D eigenvalue weighted by Crippen LogP contribution is -2.34. The van der Waals surface area contributed by atoms with Gasteiger partial charge in [-0.2, -0.15) is 0 Å². The highest BCUT2D eigenvalue weighted by atomic mass is 32.1. The molecule has 3 rings (SSSR count). The van der Waals surface area contributed by atoms with Crippen LogP contribution in [-0.2, 0) is 16.1 Å². The summed E-state index contributed by atoms with van der Waals surface area (Å²) >= 11 is 1.13. The van der Waals surface area contributed by atoms with Gasteiger partial charge in [-0.15, -0.1) is 11.3 Å². The van der Waals surface area contributed by atoms with Gasteiger partial charge in [0.15, 0.2) is 0 Å². The molecule has 152 valence electrons. The average Bonchev–Trinajstić information content (AvgIpc) is 3.06. The number of carbonyl (C=O) groups excluding carboxylic acids is 2. The smallest absolute Gasteiger partial charge is 0.348 e. The summed E-state index contributed by atoms with van der Waals surface area (Å²) in [4.78, 5) is 42.3. The normalized spacial score (nSPS) is 12.0.